The Balaban J connectivity index is 1.77. The third kappa shape index (κ3) is 3.29. The minimum Gasteiger partial charge on any atom is -0.324 e. The summed E-state index contributed by atoms with van der Waals surface area (Å²) in [6.07, 6.45) is 3.81. The van der Waals surface area contributed by atoms with Gasteiger partial charge in [0, 0.05) is 18.5 Å². The van der Waals surface area contributed by atoms with E-state index in [-0.39, 0.29) is 23.9 Å². The fraction of sp³-hybridized carbons (Fsp3) is 0.412. The molecular formula is C17H20N4O3. The molecule has 3 rings (SSSR count). The molecule has 0 unspecified atom stereocenters. The van der Waals surface area contributed by atoms with E-state index in [1.807, 2.05) is 0 Å². The van der Waals surface area contributed by atoms with Crippen LogP contribution in [0.2, 0.25) is 0 Å². The Kier molecular flexibility index (Phi) is 4.59. The number of benzene rings is 1. The second kappa shape index (κ2) is 6.82. The van der Waals surface area contributed by atoms with E-state index >= 15 is 0 Å². The van der Waals surface area contributed by atoms with Crippen molar-refractivity contribution in [2.24, 2.45) is 0 Å². The quantitative estimate of drug-likeness (QED) is 0.864. The molecule has 1 aromatic carbocycles. The SMILES string of the molecule is CC(=O)c1ccccc1NC(=O)Cn1nc2n(c1=O)CCCCC2. The van der Waals surface area contributed by atoms with E-state index in [0.717, 1.165) is 31.5 Å². The molecule has 1 aromatic heterocycles. The van der Waals surface area contributed by atoms with Crippen molar-refractivity contribution < 1.29 is 9.59 Å². The minimum atomic E-state index is -0.376. The maximum absolute atomic E-state index is 12.4. The normalized spacial score (nSPS) is 13.9. The van der Waals surface area contributed by atoms with Gasteiger partial charge in [0.05, 0.1) is 5.69 Å². The number of nitrogens with zero attached hydrogens (tertiary/aromatic N) is 3. The Morgan fingerprint density at radius 3 is 2.79 bits per heavy atom. The molecule has 1 amide bonds. The van der Waals surface area contributed by atoms with E-state index in [1.54, 1.807) is 28.8 Å². The van der Waals surface area contributed by atoms with Gasteiger partial charge in [-0.25, -0.2) is 9.48 Å². The number of Topliss-reactive ketones (excluding diaryl/α,β-unsaturated/α-hetero) is 1. The molecule has 126 valence electrons. The summed E-state index contributed by atoms with van der Waals surface area (Å²) in [6, 6.07) is 6.80. The number of aromatic nitrogens is 3. The molecule has 2 aromatic rings. The van der Waals surface area contributed by atoms with E-state index in [2.05, 4.69) is 10.4 Å². The molecule has 0 radical (unpaired) electrons. The molecular weight excluding hydrogens is 308 g/mol. The molecule has 2 heterocycles. The fourth-order valence-electron chi connectivity index (χ4n) is 2.95. The molecule has 7 nitrogen and oxygen atoms in total. The van der Waals surface area contributed by atoms with Crippen molar-refractivity contribution in [2.75, 3.05) is 5.32 Å². The molecule has 0 aliphatic carbocycles. The lowest BCUT2D eigenvalue weighted by Gasteiger charge is -2.08. The smallest absolute Gasteiger partial charge is 0.324 e. The summed E-state index contributed by atoms with van der Waals surface area (Å²) in [7, 11) is 0. The molecule has 7 heteroatoms. The first-order chi connectivity index (χ1) is 11.6. The number of anilines is 1. The van der Waals surface area contributed by atoms with Crippen molar-refractivity contribution in [2.45, 2.75) is 45.7 Å². The van der Waals surface area contributed by atoms with Crippen molar-refractivity contribution in [3.63, 3.8) is 0 Å². The van der Waals surface area contributed by atoms with E-state index in [9.17, 15) is 14.4 Å². The third-order valence-corrected chi connectivity index (χ3v) is 4.16. The number of fused-ring (bicyclic) bond motifs is 1. The predicted molar refractivity (Wildman–Crippen MR) is 89.1 cm³/mol. The summed E-state index contributed by atoms with van der Waals surface area (Å²) in [6.45, 7) is 1.94. The van der Waals surface area contributed by atoms with Gasteiger partial charge in [-0.15, -0.1) is 0 Å². The van der Waals surface area contributed by atoms with Crippen LogP contribution in [0.5, 0.6) is 0 Å². The first-order valence-corrected chi connectivity index (χ1v) is 8.12. The van der Waals surface area contributed by atoms with E-state index < -0.39 is 0 Å². The number of nitrogens with one attached hydrogen (secondary N) is 1. The number of para-hydroxylation sites is 1. The number of rotatable bonds is 4. The Hall–Kier alpha value is -2.70. The number of hydrogen-bond donors (Lipinski definition) is 1. The molecule has 0 spiro atoms. The van der Waals surface area contributed by atoms with Gasteiger partial charge < -0.3 is 5.32 Å². The molecule has 1 aliphatic rings. The van der Waals surface area contributed by atoms with Crippen LogP contribution in [0.4, 0.5) is 5.69 Å². The zero-order valence-electron chi connectivity index (χ0n) is 13.6. The van der Waals surface area contributed by atoms with Gasteiger partial charge in [-0.05, 0) is 31.9 Å². The molecule has 0 atom stereocenters. The lowest BCUT2D eigenvalue weighted by atomic mass is 10.1. The van der Waals surface area contributed by atoms with Crippen LogP contribution in [-0.2, 0) is 24.3 Å². The van der Waals surface area contributed by atoms with Gasteiger partial charge in [0.15, 0.2) is 5.78 Å². The van der Waals surface area contributed by atoms with Crippen LogP contribution in [0, 0.1) is 0 Å². The molecule has 0 fully saturated rings. The summed E-state index contributed by atoms with van der Waals surface area (Å²) in [4.78, 5) is 36.2. The Morgan fingerprint density at radius 1 is 1.21 bits per heavy atom. The number of ketones is 1. The summed E-state index contributed by atoms with van der Waals surface area (Å²) in [5.41, 5.74) is 0.643. The Bertz CT molecular complexity index is 835. The van der Waals surface area contributed by atoms with Gasteiger partial charge in [-0.1, -0.05) is 18.6 Å². The molecule has 0 saturated carbocycles. The number of hydrogen-bond acceptors (Lipinski definition) is 4. The first kappa shape index (κ1) is 16.2. The maximum atomic E-state index is 12.4. The lowest BCUT2D eigenvalue weighted by molar-refractivity contribution is -0.117. The molecule has 24 heavy (non-hydrogen) atoms. The highest BCUT2D eigenvalue weighted by Crippen LogP contribution is 2.15. The van der Waals surface area contributed by atoms with Gasteiger partial charge in [0.25, 0.3) is 0 Å². The van der Waals surface area contributed by atoms with Crippen molar-refractivity contribution >= 4 is 17.4 Å². The highest BCUT2D eigenvalue weighted by Gasteiger charge is 2.18. The molecule has 1 aliphatic heterocycles. The van der Waals surface area contributed by atoms with Crippen molar-refractivity contribution in [1.29, 1.82) is 0 Å². The van der Waals surface area contributed by atoms with Gasteiger partial charge >= 0.3 is 5.69 Å². The second-order valence-corrected chi connectivity index (χ2v) is 5.97. The maximum Gasteiger partial charge on any atom is 0.346 e. The molecule has 0 bridgehead atoms. The van der Waals surface area contributed by atoms with Gasteiger partial charge in [-0.3, -0.25) is 14.2 Å². The van der Waals surface area contributed by atoms with Crippen LogP contribution in [0.15, 0.2) is 29.1 Å². The van der Waals surface area contributed by atoms with Crippen LogP contribution in [0.25, 0.3) is 0 Å². The number of amides is 1. The lowest BCUT2D eigenvalue weighted by Crippen LogP contribution is -2.30. The molecule has 0 saturated heterocycles. The Labute approximate surface area is 139 Å². The minimum absolute atomic E-state index is 0.128. The monoisotopic (exact) mass is 328 g/mol. The van der Waals surface area contributed by atoms with Crippen LogP contribution in [0.3, 0.4) is 0 Å². The van der Waals surface area contributed by atoms with Gasteiger partial charge in [0.1, 0.15) is 12.4 Å². The number of carbonyl (C=O) groups is 2. The summed E-state index contributed by atoms with van der Waals surface area (Å²) in [5.74, 6) is 0.241. The van der Waals surface area contributed by atoms with E-state index in [4.69, 9.17) is 0 Å². The highest BCUT2D eigenvalue weighted by atomic mass is 16.2. The van der Waals surface area contributed by atoms with Crippen LogP contribution >= 0.6 is 0 Å². The van der Waals surface area contributed by atoms with E-state index in [1.165, 1.54) is 11.6 Å². The third-order valence-electron chi connectivity index (χ3n) is 4.16. The zero-order valence-corrected chi connectivity index (χ0v) is 13.6. The van der Waals surface area contributed by atoms with Crippen molar-refractivity contribution in [1.82, 2.24) is 14.3 Å². The summed E-state index contributed by atoms with van der Waals surface area (Å²) < 4.78 is 2.86. The van der Waals surface area contributed by atoms with Crippen LogP contribution in [-0.4, -0.2) is 26.0 Å². The van der Waals surface area contributed by atoms with Gasteiger partial charge in [0.2, 0.25) is 5.91 Å². The highest BCUT2D eigenvalue weighted by molar-refractivity contribution is 6.03. The van der Waals surface area contributed by atoms with E-state index in [0.29, 0.717) is 17.8 Å². The van der Waals surface area contributed by atoms with Crippen molar-refractivity contribution in [3.05, 3.63) is 46.1 Å². The topological polar surface area (TPSA) is 86.0 Å². The van der Waals surface area contributed by atoms with Crippen molar-refractivity contribution in [3.8, 4) is 0 Å². The predicted octanol–water partition coefficient (Wildman–Crippen LogP) is 1.61. The fourth-order valence-corrected chi connectivity index (χ4v) is 2.95. The van der Waals surface area contributed by atoms with Crippen LogP contribution < -0.4 is 11.0 Å². The Morgan fingerprint density at radius 2 is 2.00 bits per heavy atom. The summed E-state index contributed by atoms with van der Waals surface area (Å²) >= 11 is 0. The summed E-state index contributed by atoms with van der Waals surface area (Å²) in [5, 5.41) is 6.98. The average molecular weight is 328 g/mol. The molecule has 1 N–H and O–H groups in total. The zero-order chi connectivity index (χ0) is 17.1. The standard InChI is InChI=1S/C17H20N4O3/c1-12(22)13-7-4-5-8-14(13)18-16(23)11-21-17(24)20-10-6-2-3-9-15(20)19-21/h4-5,7-8H,2-3,6,9-11H2,1H3,(H,18,23). The first-order valence-electron chi connectivity index (χ1n) is 8.12. The second-order valence-electron chi connectivity index (χ2n) is 5.97. The van der Waals surface area contributed by atoms with Crippen LogP contribution in [0.1, 0.15) is 42.4 Å². The average Bonchev–Trinajstić information content (AvgIpc) is 2.73. The number of carbonyl (C=O) groups excluding carboxylic acids is 2. The van der Waals surface area contributed by atoms with Gasteiger partial charge in [-0.2, -0.15) is 5.10 Å². The number of aryl methyl sites for hydroxylation is 1. The largest absolute Gasteiger partial charge is 0.346 e.